The second kappa shape index (κ2) is 17.3. The monoisotopic (exact) mass is 563 g/mol. The zero-order valence-electron chi connectivity index (χ0n) is 22.2. The van der Waals surface area contributed by atoms with Crippen LogP contribution in [0.2, 0.25) is 0 Å². The van der Waals surface area contributed by atoms with Crippen molar-refractivity contribution in [3.05, 3.63) is 47.5 Å². The van der Waals surface area contributed by atoms with Crippen LogP contribution in [0.15, 0.2) is 46.2 Å². The van der Waals surface area contributed by atoms with Crippen LogP contribution in [-0.2, 0) is 29.5 Å². The highest BCUT2D eigenvalue weighted by atomic mass is 32.2. The Balaban J connectivity index is 0. The number of benzene rings is 2. The molecule has 7 N–H and O–H groups in total. The highest BCUT2D eigenvalue weighted by Gasteiger charge is 2.23. The number of hydrogen-bond donors (Lipinski definition) is 5. The molecule has 0 fully saturated rings. The van der Waals surface area contributed by atoms with Crippen molar-refractivity contribution in [3.8, 4) is 0 Å². The Morgan fingerprint density at radius 2 is 1.11 bits per heavy atom. The number of carbonyl (C=O) groups excluding carboxylic acids is 2. The fraction of sp³-hybridized carbons (Fsp3) is 0.364. The van der Waals surface area contributed by atoms with Gasteiger partial charge in [0.15, 0.2) is 0 Å². The number of methoxy groups -OCH3 is 2. The number of rotatable bonds is 7. The molecule has 0 spiro atoms. The minimum absolute atomic E-state index is 0.0500. The number of nitrogens with one attached hydrogen (secondary N) is 3. The van der Waals surface area contributed by atoms with Gasteiger partial charge in [-0.05, 0) is 50.5 Å². The van der Waals surface area contributed by atoms with Crippen molar-refractivity contribution >= 4 is 43.4 Å². The van der Waals surface area contributed by atoms with Crippen molar-refractivity contribution in [3.63, 3.8) is 0 Å². The fourth-order valence-electron chi connectivity index (χ4n) is 2.37. The number of sulfonamides is 2. The maximum Gasteiger partial charge on any atom is 0.339 e. The smallest absolute Gasteiger partial charge is 0.339 e. The fourth-order valence-corrected chi connectivity index (χ4v) is 4.27. The van der Waals surface area contributed by atoms with Crippen LogP contribution in [0.3, 0.4) is 0 Å². The van der Waals surface area contributed by atoms with Crippen molar-refractivity contribution in [1.29, 1.82) is 0 Å². The molecule has 0 aliphatic carbocycles. The summed E-state index contributed by atoms with van der Waals surface area (Å²) >= 11 is 0. The molecule has 0 bridgehead atoms. The van der Waals surface area contributed by atoms with Gasteiger partial charge in [0, 0.05) is 11.4 Å². The van der Waals surface area contributed by atoms with Crippen LogP contribution in [0.1, 0.15) is 48.4 Å². The maximum atomic E-state index is 11.7. The maximum absolute atomic E-state index is 11.7. The van der Waals surface area contributed by atoms with E-state index in [4.69, 9.17) is 11.6 Å². The number of nitrogen functional groups attached to an aromatic ring is 2. The lowest BCUT2D eigenvalue weighted by Gasteiger charge is -2.10. The molecule has 0 aliphatic heterocycles. The van der Waals surface area contributed by atoms with Gasteiger partial charge in [0.05, 0.1) is 35.1 Å². The average Bonchev–Trinajstić information content (AvgIpc) is 2.94. The van der Waals surface area contributed by atoms with Crippen LogP contribution < -0.4 is 26.4 Å². The summed E-state index contributed by atoms with van der Waals surface area (Å²) in [5.41, 5.74) is 8.29. The van der Waals surface area contributed by atoms with Gasteiger partial charge >= 0.3 is 11.9 Å². The van der Waals surface area contributed by atoms with E-state index in [1.54, 1.807) is 0 Å². The second-order valence-corrected chi connectivity index (χ2v) is 9.72. The Hall–Kier alpha value is -3.24. The van der Waals surface area contributed by atoms with Gasteiger partial charge in [0.1, 0.15) is 0 Å². The van der Waals surface area contributed by atoms with Crippen molar-refractivity contribution in [2.24, 2.45) is 5.84 Å². The van der Waals surface area contributed by atoms with E-state index >= 15 is 0 Å². The van der Waals surface area contributed by atoms with Crippen molar-refractivity contribution in [2.45, 2.75) is 37.5 Å². The minimum atomic E-state index is -3.76. The highest BCUT2D eigenvalue weighted by molar-refractivity contribution is 7.89. The first kappa shape index (κ1) is 35.9. The minimum Gasteiger partial charge on any atom is -0.465 e. The molecule has 15 heteroatoms. The lowest BCUT2D eigenvalue weighted by molar-refractivity contribution is 0.0587. The summed E-state index contributed by atoms with van der Waals surface area (Å²) in [4.78, 5) is 22.4. The molecule has 0 unspecified atom stereocenters. The van der Waals surface area contributed by atoms with E-state index in [1.165, 1.54) is 64.7 Å². The van der Waals surface area contributed by atoms with Gasteiger partial charge in [-0.1, -0.05) is 27.7 Å². The van der Waals surface area contributed by atoms with Crippen molar-refractivity contribution < 1.29 is 35.9 Å². The Morgan fingerprint density at radius 1 is 0.730 bits per heavy atom. The SMILES string of the molecule is CC.CC.CNS(=O)(=O)c1cc(N)ccc1C(=O)OC.CNS(=O)(=O)c1cc(NN)ccc1C(=O)OC. The van der Waals surface area contributed by atoms with Gasteiger partial charge < -0.3 is 20.6 Å². The van der Waals surface area contributed by atoms with Crippen LogP contribution in [0.25, 0.3) is 0 Å². The molecule has 210 valence electrons. The predicted octanol–water partition coefficient (Wildman–Crippen LogP) is 1.68. The molecule has 37 heavy (non-hydrogen) atoms. The van der Waals surface area contributed by atoms with Crippen LogP contribution >= 0.6 is 0 Å². The number of hydrazine groups is 1. The molecule has 0 heterocycles. The molecule has 0 saturated heterocycles. The first-order valence-corrected chi connectivity index (χ1v) is 13.9. The molecule has 0 atom stereocenters. The Kier molecular flexibility index (Phi) is 16.8. The molecule has 2 aromatic carbocycles. The summed E-state index contributed by atoms with van der Waals surface area (Å²) in [6, 6.07) is 7.99. The van der Waals surface area contributed by atoms with Crippen LogP contribution in [0.5, 0.6) is 0 Å². The summed E-state index contributed by atoms with van der Waals surface area (Å²) in [6.07, 6.45) is 0. The number of carbonyl (C=O) groups is 2. The van der Waals surface area contributed by atoms with Gasteiger partial charge in [-0.25, -0.2) is 35.9 Å². The van der Waals surface area contributed by atoms with Crippen LogP contribution in [0, 0.1) is 0 Å². The molecule has 0 aliphatic rings. The van der Waals surface area contributed by atoms with E-state index in [-0.39, 0.29) is 26.6 Å². The molecule has 0 radical (unpaired) electrons. The van der Waals surface area contributed by atoms with Gasteiger partial charge in [0.2, 0.25) is 20.0 Å². The zero-order valence-corrected chi connectivity index (χ0v) is 23.8. The van der Waals surface area contributed by atoms with Gasteiger partial charge in [-0.15, -0.1) is 0 Å². The van der Waals surface area contributed by atoms with Crippen LogP contribution in [-0.4, -0.2) is 57.1 Å². The molecule has 0 aromatic heterocycles. The summed E-state index contributed by atoms with van der Waals surface area (Å²) in [5, 5.41) is 0. The molecule has 2 aromatic rings. The highest BCUT2D eigenvalue weighted by Crippen LogP contribution is 2.21. The van der Waals surface area contributed by atoms with E-state index in [0.29, 0.717) is 5.69 Å². The number of ether oxygens (including phenoxy) is 2. The van der Waals surface area contributed by atoms with E-state index in [9.17, 15) is 26.4 Å². The summed E-state index contributed by atoms with van der Waals surface area (Å²) in [7, 11) is -2.65. The lowest BCUT2D eigenvalue weighted by atomic mass is 10.2. The Bertz CT molecular complexity index is 1230. The third-order valence-corrected chi connectivity index (χ3v) is 6.99. The summed E-state index contributed by atoms with van der Waals surface area (Å²) in [6.45, 7) is 8.00. The quantitative estimate of drug-likeness (QED) is 0.142. The third-order valence-electron chi connectivity index (χ3n) is 4.08. The predicted molar refractivity (Wildman–Crippen MR) is 143 cm³/mol. The molecule has 13 nitrogen and oxygen atoms in total. The standard InChI is InChI=1S/C9H13N3O4S.C9H12N2O4S.2C2H6/c1-11-17(14,15)8-5-6(12-10)3-4-7(8)9(13)16-2;1-11-16(13,14)8-5-6(10)3-4-7(8)9(12)15-2;2*1-2/h3-5,11-12H,10H2,1-2H3;3-5,11H,10H2,1-2H3;2*1-2H3. The van der Waals surface area contributed by atoms with E-state index in [1.807, 2.05) is 27.7 Å². The van der Waals surface area contributed by atoms with E-state index in [2.05, 4.69) is 24.3 Å². The van der Waals surface area contributed by atoms with Crippen molar-refractivity contribution in [1.82, 2.24) is 9.44 Å². The Morgan fingerprint density at radius 3 is 1.46 bits per heavy atom. The number of esters is 2. The molecular formula is C22H37N5O8S2. The Labute approximate surface area is 219 Å². The van der Waals surface area contributed by atoms with Gasteiger partial charge in [-0.2, -0.15) is 0 Å². The third kappa shape index (κ3) is 10.3. The average molecular weight is 564 g/mol. The summed E-state index contributed by atoms with van der Waals surface area (Å²) in [5.74, 6) is 3.72. The van der Waals surface area contributed by atoms with Crippen molar-refractivity contribution in [2.75, 3.05) is 39.5 Å². The first-order valence-electron chi connectivity index (χ1n) is 10.9. The van der Waals surface area contributed by atoms with E-state index < -0.39 is 32.0 Å². The molecular weight excluding hydrogens is 526 g/mol. The summed E-state index contributed by atoms with van der Waals surface area (Å²) < 4.78 is 59.9. The first-order chi connectivity index (χ1) is 17.4. The molecule has 2 rings (SSSR count). The van der Waals surface area contributed by atoms with Gasteiger partial charge in [0.25, 0.3) is 0 Å². The second-order valence-electron chi connectivity index (χ2n) is 6.01. The number of anilines is 2. The largest absolute Gasteiger partial charge is 0.465 e. The van der Waals surface area contributed by atoms with E-state index in [0.717, 1.165) is 0 Å². The van der Waals surface area contributed by atoms with Crippen LogP contribution in [0.4, 0.5) is 11.4 Å². The van der Waals surface area contributed by atoms with Gasteiger partial charge in [-0.3, -0.25) is 5.84 Å². The normalized spacial score (nSPS) is 10.2. The number of nitrogens with two attached hydrogens (primary N) is 2. The lowest BCUT2D eigenvalue weighted by Crippen LogP contribution is -2.22. The molecule has 0 amide bonds. The molecule has 0 saturated carbocycles. The number of hydrogen-bond acceptors (Lipinski definition) is 11. The zero-order chi connectivity index (χ0) is 29.4. The topological polar surface area (TPSA) is 209 Å².